The van der Waals surface area contributed by atoms with Crippen molar-refractivity contribution in [3.05, 3.63) is 0 Å². The molecule has 4 N–H and O–H groups in total. The van der Waals surface area contributed by atoms with Gasteiger partial charge in [0.25, 0.3) is 0 Å². The van der Waals surface area contributed by atoms with Gasteiger partial charge in [0.15, 0.2) is 0 Å². The van der Waals surface area contributed by atoms with Crippen molar-refractivity contribution in [1.29, 1.82) is 0 Å². The molecule has 0 aromatic rings. The van der Waals surface area contributed by atoms with Gasteiger partial charge in [0, 0.05) is 6.04 Å². The van der Waals surface area contributed by atoms with Gasteiger partial charge in [0.1, 0.15) is 0 Å². The number of rotatable bonds is 3. The lowest BCUT2D eigenvalue weighted by Crippen LogP contribution is -2.45. The van der Waals surface area contributed by atoms with E-state index in [2.05, 4.69) is 6.92 Å². The van der Waals surface area contributed by atoms with Crippen molar-refractivity contribution in [2.24, 2.45) is 28.7 Å². The van der Waals surface area contributed by atoms with E-state index in [9.17, 15) is 0 Å². The van der Waals surface area contributed by atoms with E-state index in [1.165, 1.54) is 25.7 Å². The smallest absolute Gasteiger partial charge is 0.00961 e. The molecule has 4 atom stereocenters. The van der Waals surface area contributed by atoms with Crippen LogP contribution in [0.4, 0.5) is 0 Å². The summed E-state index contributed by atoms with van der Waals surface area (Å²) in [7, 11) is 0. The highest BCUT2D eigenvalue weighted by molar-refractivity contribution is 5.06. The number of hydrogen-bond donors (Lipinski definition) is 2. The number of hydrogen-bond acceptors (Lipinski definition) is 2. The Labute approximate surface area is 81.1 Å². The fraction of sp³-hybridized carbons (Fsp3) is 1.00. The fourth-order valence-electron chi connectivity index (χ4n) is 3.80. The van der Waals surface area contributed by atoms with E-state index < -0.39 is 0 Å². The Morgan fingerprint density at radius 1 is 1.54 bits per heavy atom. The van der Waals surface area contributed by atoms with Crippen LogP contribution in [0.1, 0.15) is 39.0 Å². The summed E-state index contributed by atoms with van der Waals surface area (Å²) in [5.74, 6) is 1.67. The molecule has 0 amide bonds. The topological polar surface area (TPSA) is 52.0 Å². The summed E-state index contributed by atoms with van der Waals surface area (Å²) >= 11 is 0. The van der Waals surface area contributed by atoms with Crippen molar-refractivity contribution in [3.8, 4) is 0 Å². The van der Waals surface area contributed by atoms with Crippen LogP contribution in [-0.4, -0.2) is 12.6 Å². The minimum atomic E-state index is 0.397. The zero-order valence-corrected chi connectivity index (χ0v) is 8.63. The third-order valence-electron chi connectivity index (χ3n) is 4.58. The molecule has 0 heterocycles. The van der Waals surface area contributed by atoms with Crippen molar-refractivity contribution in [1.82, 2.24) is 0 Å². The fourth-order valence-corrected chi connectivity index (χ4v) is 3.80. The molecule has 0 saturated heterocycles. The first-order valence-electron chi connectivity index (χ1n) is 5.68. The van der Waals surface area contributed by atoms with Crippen LogP contribution < -0.4 is 11.5 Å². The number of fused-ring (bicyclic) bond motifs is 2. The van der Waals surface area contributed by atoms with Crippen LogP contribution in [0.3, 0.4) is 0 Å². The van der Waals surface area contributed by atoms with E-state index in [0.29, 0.717) is 11.5 Å². The molecule has 2 heteroatoms. The third-order valence-corrected chi connectivity index (χ3v) is 4.58. The van der Waals surface area contributed by atoms with E-state index in [1.807, 2.05) is 0 Å². The summed E-state index contributed by atoms with van der Waals surface area (Å²) < 4.78 is 0. The van der Waals surface area contributed by atoms with Crippen LogP contribution in [0.2, 0.25) is 0 Å². The largest absolute Gasteiger partial charge is 0.330 e. The molecule has 0 radical (unpaired) electrons. The molecule has 76 valence electrons. The summed E-state index contributed by atoms with van der Waals surface area (Å²) in [6.45, 7) is 3.06. The Hall–Kier alpha value is -0.0800. The van der Waals surface area contributed by atoms with Gasteiger partial charge in [-0.1, -0.05) is 6.92 Å². The van der Waals surface area contributed by atoms with E-state index in [0.717, 1.165) is 24.8 Å². The summed E-state index contributed by atoms with van der Waals surface area (Å²) in [5, 5.41) is 0. The molecule has 2 aliphatic carbocycles. The Kier molecular flexibility index (Phi) is 2.37. The molecule has 4 unspecified atom stereocenters. The van der Waals surface area contributed by atoms with Crippen molar-refractivity contribution in [2.75, 3.05) is 6.54 Å². The Bertz CT molecular complexity index is 193. The van der Waals surface area contributed by atoms with Crippen LogP contribution in [0, 0.1) is 17.3 Å². The van der Waals surface area contributed by atoms with Gasteiger partial charge in [0.2, 0.25) is 0 Å². The molecule has 2 nitrogen and oxygen atoms in total. The van der Waals surface area contributed by atoms with E-state index in [1.54, 1.807) is 0 Å². The standard InChI is InChI=1S/C11H22N2/c1-2-10(13)11-4-3-8(6-11)5-9(11)7-12/h8-10H,2-7,12-13H2,1H3. The molecule has 0 aliphatic heterocycles. The molecule has 13 heavy (non-hydrogen) atoms. The van der Waals surface area contributed by atoms with E-state index >= 15 is 0 Å². The van der Waals surface area contributed by atoms with Crippen molar-refractivity contribution in [3.63, 3.8) is 0 Å². The van der Waals surface area contributed by atoms with Crippen molar-refractivity contribution < 1.29 is 0 Å². The second kappa shape index (κ2) is 3.25. The molecular weight excluding hydrogens is 160 g/mol. The van der Waals surface area contributed by atoms with Crippen LogP contribution in [0.15, 0.2) is 0 Å². The number of nitrogens with two attached hydrogens (primary N) is 2. The maximum atomic E-state index is 6.26. The molecule has 2 bridgehead atoms. The predicted molar refractivity (Wildman–Crippen MR) is 55.2 cm³/mol. The average molecular weight is 182 g/mol. The normalized spacial score (nSPS) is 45.5. The molecule has 2 rings (SSSR count). The van der Waals surface area contributed by atoms with E-state index in [-0.39, 0.29) is 0 Å². The molecule has 2 saturated carbocycles. The first-order chi connectivity index (χ1) is 6.23. The lowest BCUT2D eigenvalue weighted by Gasteiger charge is -2.39. The van der Waals surface area contributed by atoms with Crippen molar-refractivity contribution in [2.45, 2.75) is 45.1 Å². The first-order valence-corrected chi connectivity index (χ1v) is 5.68. The van der Waals surface area contributed by atoms with Crippen LogP contribution in [0.25, 0.3) is 0 Å². The summed E-state index contributed by atoms with van der Waals surface area (Å²) in [5.41, 5.74) is 12.5. The minimum absolute atomic E-state index is 0.397. The van der Waals surface area contributed by atoms with Gasteiger partial charge in [-0.15, -0.1) is 0 Å². The van der Waals surface area contributed by atoms with Crippen LogP contribution >= 0.6 is 0 Å². The molecule has 0 spiro atoms. The van der Waals surface area contributed by atoms with Gasteiger partial charge >= 0.3 is 0 Å². The lowest BCUT2D eigenvalue weighted by molar-refractivity contribution is 0.144. The summed E-state index contributed by atoms with van der Waals surface area (Å²) in [6, 6.07) is 0.397. The highest BCUT2D eigenvalue weighted by atomic mass is 14.8. The second-order valence-electron chi connectivity index (χ2n) is 5.03. The highest BCUT2D eigenvalue weighted by Gasteiger charge is 2.53. The van der Waals surface area contributed by atoms with E-state index in [4.69, 9.17) is 11.5 Å². The molecule has 0 aromatic heterocycles. The maximum absolute atomic E-state index is 6.26. The first kappa shape index (κ1) is 9.47. The summed E-state index contributed by atoms with van der Waals surface area (Å²) in [6.07, 6.45) is 6.58. The summed E-state index contributed by atoms with van der Waals surface area (Å²) in [4.78, 5) is 0. The van der Waals surface area contributed by atoms with Crippen LogP contribution in [0.5, 0.6) is 0 Å². The molecule has 2 aliphatic rings. The Morgan fingerprint density at radius 2 is 2.31 bits per heavy atom. The molecule has 0 aromatic carbocycles. The third kappa shape index (κ3) is 1.23. The lowest BCUT2D eigenvalue weighted by atomic mass is 9.69. The predicted octanol–water partition coefficient (Wildman–Crippen LogP) is 1.49. The zero-order valence-electron chi connectivity index (χ0n) is 8.63. The maximum Gasteiger partial charge on any atom is 0.00961 e. The monoisotopic (exact) mass is 182 g/mol. The Morgan fingerprint density at radius 3 is 2.85 bits per heavy atom. The van der Waals surface area contributed by atoms with Gasteiger partial charge in [-0.3, -0.25) is 0 Å². The van der Waals surface area contributed by atoms with Gasteiger partial charge in [0.05, 0.1) is 0 Å². The quantitative estimate of drug-likeness (QED) is 0.695. The van der Waals surface area contributed by atoms with Crippen molar-refractivity contribution >= 4 is 0 Å². The second-order valence-corrected chi connectivity index (χ2v) is 5.03. The minimum Gasteiger partial charge on any atom is -0.330 e. The van der Waals surface area contributed by atoms with Gasteiger partial charge in [-0.05, 0) is 55.9 Å². The van der Waals surface area contributed by atoms with Crippen LogP contribution in [-0.2, 0) is 0 Å². The van der Waals surface area contributed by atoms with Gasteiger partial charge < -0.3 is 11.5 Å². The van der Waals surface area contributed by atoms with Gasteiger partial charge in [-0.25, -0.2) is 0 Å². The van der Waals surface area contributed by atoms with Gasteiger partial charge in [-0.2, -0.15) is 0 Å². The Balaban J connectivity index is 2.17. The molecular formula is C11H22N2. The highest BCUT2D eigenvalue weighted by Crippen LogP contribution is 2.59. The zero-order chi connectivity index (χ0) is 9.47. The SMILES string of the molecule is CCC(N)C12CCC(CC1CN)C2. The molecule has 2 fully saturated rings. The average Bonchev–Trinajstić information content (AvgIpc) is 2.73.